The van der Waals surface area contributed by atoms with Crippen molar-refractivity contribution < 1.29 is 80.2 Å². The first kappa shape index (κ1) is 100. The Morgan fingerprint density at radius 2 is 0.471 bits per heavy atom. The van der Waals surface area contributed by atoms with Crippen molar-refractivity contribution in [1.29, 1.82) is 0 Å². The molecule has 0 heterocycles. The number of hydrogen-bond donors (Lipinski definition) is 3. The first-order valence-corrected chi connectivity index (χ1v) is 46.1. The third-order valence-corrected chi connectivity index (χ3v) is 22.1. The smallest absolute Gasteiger partial charge is 0.462 e. The SMILES string of the molecule is CCCCCCCCCCCCCCCCCCCCCCCC(=O)O[C@H](COC(=O)CCCCCCCCCCCCCCCCCCC)COP(=O)(O)OC[C@@H](O)COP(=O)(O)OC[C@@H](COC(=O)CCCCCCCCCCC(C)CC)OC(=O)CCCCCCCCCCC(C)CC. The summed E-state index contributed by atoms with van der Waals surface area (Å²) >= 11 is 0. The maximum absolute atomic E-state index is 13.1. The number of phosphoric ester groups is 2. The molecule has 0 aromatic rings. The predicted molar refractivity (Wildman–Crippen MR) is 418 cm³/mol. The monoisotopic (exact) mass is 1490 g/mol. The molecule has 0 aliphatic rings. The van der Waals surface area contributed by atoms with Gasteiger partial charge in [0.2, 0.25) is 0 Å². The van der Waals surface area contributed by atoms with E-state index in [4.69, 9.17) is 37.0 Å². The van der Waals surface area contributed by atoms with Gasteiger partial charge >= 0.3 is 39.5 Å². The third kappa shape index (κ3) is 73.6. The molecule has 0 aliphatic carbocycles. The van der Waals surface area contributed by atoms with E-state index >= 15 is 0 Å². The van der Waals surface area contributed by atoms with E-state index in [0.29, 0.717) is 25.7 Å². The fourth-order valence-corrected chi connectivity index (χ4v) is 14.4. The van der Waals surface area contributed by atoms with Crippen molar-refractivity contribution in [2.45, 2.75) is 458 Å². The largest absolute Gasteiger partial charge is 0.472 e. The van der Waals surface area contributed by atoms with Gasteiger partial charge in [0.15, 0.2) is 12.2 Å². The van der Waals surface area contributed by atoms with E-state index in [-0.39, 0.29) is 25.7 Å². The number of phosphoric acid groups is 2. The van der Waals surface area contributed by atoms with Crippen molar-refractivity contribution in [3.8, 4) is 0 Å². The van der Waals surface area contributed by atoms with Crippen LogP contribution in [0.25, 0.3) is 0 Å². The zero-order valence-corrected chi connectivity index (χ0v) is 68.7. The summed E-state index contributed by atoms with van der Waals surface area (Å²) in [4.78, 5) is 73.1. The molecule has 4 unspecified atom stereocenters. The number of ether oxygens (including phenoxy) is 4. The standard InChI is InChI=1S/C83H162O17P2/c1-7-11-13-15-17-19-21-23-25-27-28-29-30-32-34-36-38-40-49-55-61-67-82(87)99-78(71-93-80(85)65-59-53-47-39-37-35-33-31-26-24-22-20-18-16-14-12-8-2)73-97-101(89,90)95-69-77(84)70-96-102(91,92)98-74-79(100-83(88)68-62-56-50-44-42-46-52-58-64-76(6)10-4)72-94-81(86)66-60-54-48-43-41-45-51-57-63-75(5)9-3/h75-79,84H,7-74H2,1-6H3,(H,89,90)(H,91,92)/t75?,76?,77-,78-,79-/m1/s1. The van der Waals surface area contributed by atoms with Crippen LogP contribution in [0.1, 0.15) is 440 Å². The summed E-state index contributed by atoms with van der Waals surface area (Å²) in [7, 11) is -9.92. The van der Waals surface area contributed by atoms with Gasteiger partial charge in [-0.2, -0.15) is 0 Å². The molecule has 17 nitrogen and oxygen atoms in total. The molecule has 19 heteroatoms. The summed E-state index contributed by atoms with van der Waals surface area (Å²) in [5.41, 5.74) is 0. The second kappa shape index (κ2) is 74.5. The molecule has 606 valence electrons. The molecule has 7 atom stereocenters. The Morgan fingerprint density at radius 1 is 0.275 bits per heavy atom. The van der Waals surface area contributed by atoms with E-state index in [0.717, 1.165) is 102 Å². The highest BCUT2D eigenvalue weighted by Gasteiger charge is 2.30. The van der Waals surface area contributed by atoms with Crippen LogP contribution in [-0.4, -0.2) is 96.7 Å². The van der Waals surface area contributed by atoms with Crippen LogP contribution in [0.4, 0.5) is 0 Å². The average Bonchev–Trinajstić information content (AvgIpc) is 0.915. The van der Waals surface area contributed by atoms with Crippen molar-refractivity contribution in [3.05, 3.63) is 0 Å². The molecule has 0 aromatic carbocycles. The Hall–Kier alpha value is -1.94. The van der Waals surface area contributed by atoms with E-state index < -0.39 is 97.5 Å². The number of aliphatic hydroxyl groups excluding tert-OH is 1. The van der Waals surface area contributed by atoms with Crippen LogP contribution < -0.4 is 0 Å². The number of unbranched alkanes of at least 4 members (excludes halogenated alkanes) is 50. The second-order valence-electron chi connectivity index (χ2n) is 30.4. The highest BCUT2D eigenvalue weighted by molar-refractivity contribution is 7.47. The molecule has 0 bridgehead atoms. The van der Waals surface area contributed by atoms with Crippen LogP contribution in [0.2, 0.25) is 0 Å². The minimum atomic E-state index is -4.96. The molecule has 0 saturated heterocycles. The average molecular weight is 1490 g/mol. The van der Waals surface area contributed by atoms with Crippen LogP contribution in [0.5, 0.6) is 0 Å². The molecule has 0 aliphatic heterocycles. The van der Waals surface area contributed by atoms with Crippen LogP contribution in [0, 0.1) is 11.8 Å². The summed E-state index contributed by atoms with van der Waals surface area (Å²) < 4.78 is 68.8. The van der Waals surface area contributed by atoms with E-state index in [1.54, 1.807) is 0 Å². The van der Waals surface area contributed by atoms with Crippen molar-refractivity contribution in [2.24, 2.45) is 11.8 Å². The van der Waals surface area contributed by atoms with Gasteiger partial charge in [0, 0.05) is 25.7 Å². The molecule has 0 saturated carbocycles. The number of esters is 4. The first-order chi connectivity index (χ1) is 49.4. The molecular weight excluding hydrogens is 1330 g/mol. The van der Waals surface area contributed by atoms with Gasteiger partial charge in [-0.05, 0) is 37.5 Å². The predicted octanol–water partition coefficient (Wildman–Crippen LogP) is 25.1. The van der Waals surface area contributed by atoms with Crippen LogP contribution in [0.15, 0.2) is 0 Å². The van der Waals surface area contributed by atoms with Gasteiger partial charge in [-0.15, -0.1) is 0 Å². The van der Waals surface area contributed by atoms with Crippen LogP contribution in [-0.2, 0) is 65.4 Å². The Balaban J connectivity index is 5.24. The zero-order chi connectivity index (χ0) is 74.9. The molecular formula is C83H162O17P2. The zero-order valence-electron chi connectivity index (χ0n) is 66.9. The summed E-state index contributed by atoms with van der Waals surface area (Å²) in [5.74, 6) is -0.562. The third-order valence-electron chi connectivity index (χ3n) is 20.2. The number of carbonyl (C=O) groups is 4. The van der Waals surface area contributed by atoms with E-state index in [2.05, 4.69) is 41.5 Å². The fraction of sp³-hybridized carbons (Fsp3) is 0.952. The first-order valence-electron chi connectivity index (χ1n) is 43.1. The number of carbonyl (C=O) groups excluding carboxylic acids is 4. The molecule has 3 N–H and O–H groups in total. The minimum Gasteiger partial charge on any atom is -0.462 e. The Kier molecular flexibility index (Phi) is 73.1. The Morgan fingerprint density at radius 3 is 0.696 bits per heavy atom. The van der Waals surface area contributed by atoms with E-state index in [1.165, 1.54) is 257 Å². The lowest BCUT2D eigenvalue weighted by Gasteiger charge is -2.21. The highest BCUT2D eigenvalue weighted by Crippen LogP contribution is 2.45. The maximum Gasteiger partial charge on any atom is 0.472 e. The van der Waals surface area contributed by atoms with Gasteiger partial charge in [-0.25, -0.2) is 9.13 Å². The Bertz CT molecular complexity index is 1960. The van der Waals surface area contributed by atoms with Crippen LogP contribution >= 0.6 is 15.6 Å². The minimum absolute atomic E-state index is 0.105. The Labute approximate surface area is 626 Å². The molecule has 0 fully saturated rings. The van der Waals surface area contributed by atoms with Crippen molar-refractivity contribution in [3.63, 3.8) is 0 Å². The molecule has 0 rings (SSSR count). The molecule has 0 spiro atoms. The number of rotatable bonds is 82. The van der Waals surface area contributed by atoms with E-state index in [9.17, 15) is 43.2 Å². The van der Waals surface area contributed by atoms with Crippen molar-refractivity contribution in [1.82, 2.24) is 0 Å². The molecule has 102 heavy (non-hydrogen) atoms. The second-order valence-corrected chi connectivity index (χ2v) is 33.3. The molecule has 0 radical (unpaired) electrons. The van der Waals surface area contributed by atoms with Gasteiger partial charge in [-0.1, -0.05) is 388 Å². The van der Waals surface area contributed by atoms with Crippen molar-refractivity contribution in [2.75, 3.05) is 39.6 Å². The fourth-order valence-electron chi connectivity index (χ4n) is 12.8. The lowest BCUT2D eigenvalue weighted by molar-refractivity contribution is -0.161. The lowest BCUT2D eigenvalue weighted by atomic mass is 9.99. The molecule has 0 aromatic heterocycles. The topological polar surface area (TPSA) is 237 Å². The molecule has 0 amide bonds. The normalized spacial score (nSPS) is 14.4. The lowest BCUT2D eigenvalue weighted by Crippen LogP contribution is -2.30. The van der Waals surface area contributed by atoms with Gasteiger partial charge in [0.1, 0.15) is 19.3 Å². The maximum atomic E-state index is 13.1. The highest BCUT2D eigenvalue weighted by atomic mass is 31.2. The van der Waals surface area contributed by atoms with Crippen molar-refractivity contribution >= 4 is 39.5 Å². The summed E-state index contributed by atoms with van der Waals surface area (Å²) in [6.45, 7) is 9.64. The van der Waals surface area contributed by atoms with E-state index in [1.807, 2.05) is 0 Å². The van der Waals surface area contributed by atoms with Gasteiger partial charge in [0.25, 0.3) is 0 Å². The summed E-state index contributed by atoms with van der Waals surface area (Å²) in [5, 5.41) is 10.7. The summed E-state index contributed by atoms with van der Waals surface area (Å²) in [6, 6.07) is 0. The quantitative estimate of drug-likeness (QED) is 0.0222. The van der Waals surface area contributed by atoms with Gasteiger partial charge in [0.05, 0.1) is 26.4 Å². The van der Waals surface area contributed by atoms with Gasteiger partial charge < -0.3 is 33.8 Å². The summed E-state index contributed by atoms with van der Waals surface area (Å²) in [6.07, 6.45) is 65.2. The van der Waals surface area contributed by atoms with Crippen LogP contribution in [0.3, 0.4) is 0 Å². The van der Waals surface area contributed by atoms with Gasteiger partial charge in [-0.3, -0.25) is 37.3 Å². The number of hydrogen-bond acceptors (Lipinski definition) is 15. The number of aliphatic hydroxyl groups is 1.